The molecule has 0 unspecified atom stereocenters. The predicted octanol–water partition coefficient (Wildman–Crippen LogP) is 3.98. The molecule has 0 spiro atoms. The highest BCUT2D eigenvalue weighted by molar-refractivity contribution is 6.42. The van der Waals surface area contributed by atoms with Gasteiger partial charge >= 0.3 is 5.97 Å². The van der Waals surface area contributed by atoms with Crippen molar-refractivity contribution in [3.8, 4) is 11.1 Å². The lowest BCUT2D eigenvalue weighted by molar-refractivity contribution is 0.0601. The first-order chi connectivity index (χ1) is 9.04. The Balaban J connectivity index is 2.66. The number of rotatable bonds is 2. The zero-order valence-electron chi connectivity index (χ0n) is 9.78. The Morgan fingerprint density at radius 2 is 2.00 bits per heavy atom. The molecule has 98 valence electrons. The molecule has 0 bridgehead atoms. The van der Waals surface area contributed by atoms with Crippen molar-refractivity contribution in [1.82, 2.24) is 4.98 Å². The molecule has 0 saturated carbocycles. The fourth-order valence-electron chi connectivity index (χ4n) is 1.64. The van der Waals surface area contributed by atoms with E-state index in [1.807, 2.05) is 0 Å². The summed E-state index contributed by atoms with van der Waals surface area (Å²) >= 11 is 11.7. The van der Waals surface area contributed by atoms with Gasteiger partial charge in [-0.15, -0.1) is 0 Å². The lowest BCUT2D eigenvalue weighted by atomic mass is 10.0. The Labute approximate surface area is 118 Å². The van der Waals surface area contributed by atoms with Crippen LogP contribution in [-0.2, 0) is 4.74 Å². The Bertz CT molecular complexity index is 647. The molecule has 0 radical (unpaired) electrons. The molecule has 0 aliphatic heterocycles. The van der Waals surface area contributed by atoms with Crippen LogP contribution in [0.5, 0.6) is 0 Å². The van der Waals surface area contributed by atoms with Gasteiger partial charge in [-0.05, 0) is 23.8 Å². The second-order valence-electron chi connectivity index (χ2n) is 3.64. The molecule has 1 heterocycles. The van der Waals surface area contributed by atoms with Gasteiger partial charge in [0.2, 0.25) is 5.95 Å². The second kappa shape index (κ2) is 5.55. The molecule has 0 amide bonds. The van der Waals surface area contributed by atoms with Crippen LogP contribution in [0.25, 0.3) is 11.1 Å². The molecule has 1 aromatic heterocycles. The van der Waals surface area contributed by atoms with Crippen molar-refractivity contribution < 1.29 is 13.9 Å². The maximum Gasteiger partial charge on any atom is 0.338 e. The van der Waals surface area contributed by atoms with E-state index in [2.05, 4.69) is 9.72 Å². The smallest absolute Gasteiger partial charge is 0.338 e. The summed E-state index contributed by atoms with van der Waals surface area (Å²) in [4.78, 5) is 15.2. The van der Waals surface area contributed by atoms with Crippen molar-refractivity contribution in [2.24, 2.45) is 0 Å². The lowest BCUT2D eigenvalue weighted by Crippen LogP contribution is -2.06. The van der Waals surface area contributed by atoms with Crippen LogP contribution in [0.1, 0.15) is 10.4 Å². The van der Waals surface area contributed by atoms with Crippen molar-refractivity contribution in [3.63, 3.8) is 0 Å². The van der Waals surface area contributed by atoms with Gasteiger partial charge in [-0.3, -0.25) is 0 Å². The minimum absolute atomic E-state index is 0.0351. The van der Waals surface area contributed by atoms with Crippen molar-refractivity contribution in [2.75, 3.05) is 7.11 Å². The largest absolute Gasteiger partial charge is 0.465 e. The van der Waals surface area contributed by atoms with Crippen molar-refractivity contribution >= 4 is 29.2 Å². The third kappa shape index (κ3) is 2.69. The summed E-state index contributed by atoms with van der Waals surface area (Å²) in [7, 11) is 1.22. The third-order valence-corrected chi connectivity index (χ3v) is 3.26. The highest BCUT2D eigenvalue weighted by atomic mass is 35.5. The average molecular weight is 300 g/mol. The minimum atomic E-state index is -0.777. The quantitative estimate of drug-likeness (QED) is 0.622. The summed E-state index contributed by atoms with van der Waals surface area (Å²) in [5.74, 6) is -1.43. The molecular weight excluding hydrogens is 292 g/mol. The number of carbonyl (C=O) groups excluding carboxylic acids is 1. The van der Waals surface area contributed by atoms with Gasteiger partial charge < -0.3 is 4.74 Å². The normalized spacial score (nSPS) is 10.3. The van der Waals surface area contributed by atoms with E-state index in [-0.39, 0.29) is 16.1 Å². The molecule has 19 heavy (non-hydrogen) atoms. The number of methoxy groups -OCH3 is 1. The number of hydrogen-bond donors (Lipinski definition) is 0. The van der Waals surface area contributed by atoms with Gasteiger partial charge in [-0.25, -0.2) is 9.78 Å². The number of halogens is 3. The van der Waals surface area contributed by atoms with E-state index in [0.29, 0.717) is 10.6 Å². The molecule has 0 fully saturated rings. The summed E-state index contributed by atoms with van der Waals surface area (Å²) in [5.41, 5.74) is 0.515. The maximum absolute atomic E-state index is 13.9. The van der Waals surface area contributed by atoms with Gasteiger partial charge in [-0.1, -0.05) is 29.3 Å². The number of benzene rings is 1. The fourth-order valence-corrected chi connectivity index (χ4v) is 1.94. The van der Waals surface area contributed by atoms with Crippen LogP contribution in [0.15, 0.2) is 30.5 Å². The Morgan fingerprint density at radius 1 is 1.26 bits per heavy atom. The van der Waals surface area contributed by atoms with Crippen LogP contribution in [0.4, 0.5) is 4.39 Å². The first kappa shape index (κ1) is 13.8. The molecular formula is C13H8Cl2FNO2. The zero-order chi connectivity index (χ0) is 14.0. The SMILES string of the molecule is COC(=O)c1ccnc(F)c1-c1ccc(Cl)c(Cl)c1. The van der Waals surface area contributed by atoms with E-state index in [1.54, 1.807) is 6.07 Å². The predicted molar refractivity (Wildman–Crippen MR) is 71.0 cm³/mol. The van der Waals surface area contributed by atoms with Crippen LogP contribution < -0.4 is 0 Å². The van der Waals surface area contributed by atoms with E-state index >= 15 is 0 Å². The standard InChI is InChI=1S/C13H8Cl2FNO2/c1-19-13(18)8-4-5-17-12(16)11(8)7-2-3-9(14)10(15)6-7/h2-6H,1H3. The van der Waals surface area contributed by atoms with Crippen molar-refractivity contribution in [1.29, 1.82) is 0 Å². The molecule has 0 atom stereocenters. The molecule has 0 aliphatic carbocycles. The van der Waals surface area contributed by atoms with Crippen LogP contribution in [0, 0.1) is 5.95 Å². The molecule has 0 aliphatic rings. The Morgan fingerprint density at radius 3 is 2.63 bits per heavy atom. The van der Waals surface area contributed by atoms with Gasteiger partial charge in [0.25, 0.3) is 0 Å². The van der Waals surface area contributed by atoms with Crippen molar-refractivity contribution in [3.05, 3.63) is 52.0 Å². The fraction of sp³-hybridized carbons (Fsp3) is 0.0769. The highest BCUT2D eigenvalue weighted by Crippen LogP contribution is 2.31. The molecule has 6 heteroatoms. The number of pyridine rings is 1. The van der Waals surface area contributed by atoms with Crippen LogP contribution >= 0.6 is 23.2 Å². The Hall–Kier alpha value is -1.65. The summed E-state index contributed by atoms with van der Waals surface area (Å²) in [5, 5.41) is 0.604. The van der Waals surface area contributed by atoms with E-state index in [1.165, 1.54) is 31.5 Å². The molecule has 2 rings (SSSR count). The van der Waals surface area contributed by atoms with Gasteiger partial charge in [0.05, 0.1) is 28.3 Å². The van der Waals surface area contributed by atoms with Gasteiger partial charge in [0.15, 0.2) is 0 Å². The average Bonchev–Trinajstić information content (AvgIpc) is 2.41. The number of hydrogen-bond acceptors (Lipinski definition) is 3. The zero-order valence-corrected chi connectivity index (χ0v) is 11.3. The number of esters is 1. The topological polar surface area (TPSA) is 39.2 Å². The maximum atomic E-state index is 13.9. The Kier molecular flexibility index (Phi) is 4.02. The van der Waals surface area contributed by atoms with Gasteiger partial charge in [0.1, 0.15) is 0 Å². The van der Waals surface area contributed by atoms with E-state index in [9.17, 15) is 9.18 Å². The van der Waals surface area contributed by atoms with E-state index in [4.69, 9.17) is 23.2 Å². The van der Waals surface area contributed by atoms with Crippen LogP contribution in [-0.4, -0.2) is 18.1 Å². The van der Waals surface area contributed by atoms with E-state index < -0.39 is 11.9 Å². The first-order valence-electron chi connectivity index (χ1n) is 5.23. The highest BCUT2D eigenvalue weighted by Gasteiger charge is 2.18. The number of nitrogens with zero attached hydrogens (tertiary/aromatic N) is 1. The second-order valence-corrected chi connectivity index (χ2v) is 4.46. The molecule has 2 aromatic rings. The summed E-state index contributed by atoms with van der Waals surface area (Å²) < 4.78 is 18.5. The lowest BCUT2D eigenvalue weighted by Gasteiger charge is -2.09. The molecule has 3 nitrogen and oxygen atoms in total. The van der Waals surface area contributed by atoms with Crippen LogP contribution in [0.3, 0.4) is 0 Å². The first-order valence-corrected chi connectivity index (χ1v) is 5.98. The van der Waals surface area contributed by atoms with Gasteiger partial charge in [0, 0.05) is 6.20 Å². The summed E-state index contributed by atoms with van der Waals surface area (Å²) in [6.45, 7) is 0. The van der Waals surface area contributed by atoms with Crippen molar-refractivity contribution in [2.45, 2.75) is 0 Å². The minimum Gasteiger partial charge on any atom is -0.465 e. The van der Waals surface area contributed by atoms with Crippen LogP contribution in [0.2, 0.25) is 10.0 Å². The number of ether oxygens (including phenoxy) is 1. The number of aromatic nitrogens is 1. The number of carbonyl (C=O) groups is 1. The monoisotopic (exact) mass is 299 g/mol. The summed E-state index contributed by atoms with van der Waals surface area (Å²) in [6.07, 6.45) is 1.20. The third-order valence-electron chi connectivity index (χ3n) is 2.52. The molecule has 0 saturated heterocycles. The molecule has 1 aromatic carbocycles. The molecule has 0 N–H and O–H groups in total. The van der Waals surface area contributed by atoms with Gasteiger partial charge in [-0.2, -0.15) is 4.39 Å². The summed E-state index contributed by atoms with van der Waals surface area (Å²) in [6, 6.07) is 5.93. The van der Waals surface area contributed by atoms with E-state index in [0.717, 1.165) is 0 Å².